The Labute approximate surface area is 187 Å². The van der Waals surface area contributed by atoms with Crippen molar-refractivity contribution in [1.82, 2.24) is 20.2 Å². The second-order valence-corrected chi connectivity index (χ2v) is 8.86. The van der Waals surface area contributed by atoms with Crippen molar-refractivity contribution in [3.8, 4) is 10.6 Å². The highest BCUT2D eigenvalue weighted by atomic mass is 32.1. The summed E-state index contributed by atoms with van der Waals surface area (Å²) in [5.41, 5.74) is 5.49. The minimum atomic E-state index is -0.101. The summed E-state index contributed by atoms with van der Waals surface area (Å²) in [5, 5.41) is 5.67. The molecular formula is C24H29N5OS. The molecule has 0 radical (unpaired) electrons. The molecule has 1 aliphatic rings. The van der Waals surface area contributed by atoms with Crippen LogP contribution in [0.1, 0.15) is 28.0 Å². The number of piperazine rings is 1. The molecule has 0 spiro atoms. The molecule has 4 rings (SSSR count). The van der Waals surface area contributed by atoms with E-state index in [1.54, 1.807) is 12.4 Å². The minimum Gasteiger partial charge on any atom is -0.369 e. The molecule has 31 heavy (non-hydrogen) atoms. The van der Waals surface area contributed by atoms with Gasteiger partial charge in [-0.05, 0) is 56.1 Å². The molecular weight excluding hydrogens is 406 g/mol. The molecule has 6 nitrogen and oxygen atoms in total. The number of anilines is 1. The molecule has 1 fully saturated rings. The monoisotopic (exact) mass is 435 g/mol. The third kappa shape index (κ3) is 5.48. The first kappa shape index (κ1) is 21.5. The summed E-state index contributed by atoms with van der Waals surface area (Å²) >= 11 is 1.48. The maximum Gasteiger partial charge on any atom is 0.270 e. The van der Waals surface area contributed by atoms with Gasteiger partial charge in [-0.1, -0.05) is 12.1 Å². The number of aromatic nitrogens is 2. The Hall–Kier alpha value is -2.77. The molecule has 0 unspecified atom stereocenters. The van der Waals surface area contributed by atoms with E-state index in [0.717, 1.165) is 49.7 Å². The maximum atomic E-state index is 12.4. The van der Waals surface area contributed by atoms with Gasteiger partial charge < -0.3 is 10.2 Å². The van der Waals surface area contributed by atoms with E-state index in [1.165, 1.54) is 28.2 Å². The molecule has 0 saturated carbocycles. The second kappa shape index (κ2) is 10.0. The van der Waals surface area contributed by atoms with Crippen LogP contribution >= 0.6 is 11.3 Å². The number of thiazole rings is 1. The smallest absolute Gasteiger partial charge is 0.270 e. The first-order valence-corrected chi connectivity index (χ1v) is 11.7. The lowest BCUT2D eigenvalue weighted by Crippen LogP contribution is -2.47. The zero-order valence-corrected chi connectivity index (χ0v) is 19.0. The van der Waals surface area contributed by atoms with Crippen LogP contribution in [-0.2, 0) is 0 Å². The summed E-state index contributed by atoms with van der Waals surface area (Å²) in [4.78, 5) is 25.9. The Morgan fingerprint density at radius 2 is 1.87 bits per heavy atom. The summed E-state index contributed by atoms with van der Waals surface area (Å²) in [7, 11) is 0. The van der Waals surface area contributed by atoms with Crippen LogP contribution in [0, 0.1) is 13.8 Å². The van der Waals surface area contributed by atoms with Gasteiger partial charge in [-0.3, -0.25) is 14.7 Å². The van der Waals surface area contributed by atoms with Gasteiger partial charge in [0.15, 0.2) is 0 Å². The molecule has 1 aliphatic heterocycles. The predicted molar refractivity (Wildman–Crippen MR) is 127 cm³/mol. The van der Waals surface area contributed by atoms with Gasteiger partial charge in [-0.15, -0.1) is 11.3 Å². The Morgan fingerprint density at radius 1 is 1.10 bits per heavy atom. The highest BCUT2D eigenvalue weighted by molar-refractivity contribution is 7.13. The molecule has 7 heteroatoms. The van der Waals surface area contributed by atoms with E-state index in [4.69, 9.17) is 0 Å². The van der Waals surface area contributed by atoms with Crippen LogP contribution in [0.25, 0.3) is 10.6 Å². The van der Waals surface area contributed by atoms with E-state index < -0.39 is 0 Å². The van der Waals surface area contributed by atoms with Gasteiger partial charge in [0, 0.05) is 61.7 Å². The van der Waals surface area contributed by atoms with E-state index in [2.05, 4.69) is 57.1 Å². The molecule has 1 saturated heterocycles. The normalized spacial score (nSPS) is 14.6. The zero-order chi connectivity index (χ0) is 21.6. The van der Waals surface area contributed by atoms with E-state index in [9.17, 15) is 4.79 Å². The number of nitrogens with one attached hydrogen (secondary N) is 1. The fourth-order valence-electron chi connectivity index (χ4n) is 3.87. The van der Waals surface area contributed by atoms with Crippen molar-refractivity contribution in [2.24, 2.45) is 0 Å². The fraction of sp³-hybridized carbons (Fsp3) is 0.375. The number of carbonyl (C=O) groups excluding carboxylic acids is 1. The average Bonchev–Trinajstić information content (AvgIpc) is 3.30. The van der Waals surface area contributed by atoms with Crippen molar-refractivity contribution in [3.63, 3.8) is 0 Å². The molecule has 1 amide bonds. The number of aryl methyl sites for hydroxylation is 2. The van der Waals surface area contributed by atoms with Crippen LogP contribution in [0.3, 0.4) is 0 Å². The van der Waals surface area contributed by atoms with E-state index >= 15 is 0 Å². The summed E-state index contributed by atoms with van der Waals surface area (Å²) in [6.07, 6.45) is 4.41. The quantitative estimate of drug-likeness (QED) is 0.573. The first-order chi connectivity index (χ1) is 15.1. The number of hydrogen-bond acceptors (Lipinski definition) is 6. The number of pyridine rings is 1. The summed E-state index contributed by atoms with van der Waals surface area (Å²) in [6.45, 7) is 10.2. The first-order valence-electron chi connectivity index (χ1n) is 10.8. The molecule has 2 aromatic heterocycles. The largest absolute Gasteiger partial charge is 0.369 e. The third-order valence-electron chi connectivity index (χ3n) is 5.68. The van der Waals surface area contributed by atoms with Gasteiger partial charge >= 0.3 is 0 Å². The van der Waals surface area contributed by atoms with Crippen LogP contribution in [0.2, 0.25) is 0 Å². The average molecular weight is 436 g/mol. The lowest BCUT2D eigenvalue weighted by atomic mass is 10.1. The molecule has 0 aliphatic carbocycles. The van der Waals surface area contributed by atoms with Crippen molar-refractivity contribution >= 4 is 22.9 Å². The van der Waals surface area contributed by atoms with Crippen molar-refractivity contribution < 1.29 is 4.79 Å². The van der Waals surface area contributed by atoms with Crippen molar-refractivity contribution in [2.75, 3.05) is 44.2 Å². The molecule has 0 bridgehead atoms. The van der Waals surface area contributed by atoms with Crippen molar-refractivity contribution in [1.29, 1.82) is 0 Å². The lowest BCUT2D eigenvalue weighted by molar-refractivity contribution is 0.0947. The minimum absolute atomic E-state index is 0.101. The zero-order valence-electron chi connectivity index (χ0n) is 18.2. The Bertz CT molecular complexity index is 1010. The number of carbonyl (C=O) groups is 1. The molecule has 3 heterocycles. The Morgan fingerprint density at radius 3 is 2.65 bits per heavy atom. The van der Waals surface area contributed by atoms with Gasteiger partial charge in [-0.2, -0.15) is 0 Å². The molecule has 0 atom stereocenters. The van der Waals surface area contributed by atoms with Crippen LogP contribution < -0.4 is 10.2 Å². The van der Waals surface area contributed by atoms with Crippen LogP contribution in [0.15, 0.2) is 48.1 Å². The topological polar surface area (TPSA) is 61.4 Å². The molecule has 162 valence electrons. The van der Waals surface area contributed by atoms with Gasteiger partial charge in [0.25, 0.3) is 5.91 Å². The van der Waals surface area contributed by atoms with Gasteiger partial charge in [0.2, 0.25) is 0 Å². The number of hydrogen-bond donors (Lipinski definition) is 1. The Balaban J connectivity index is 1.18. The number of benzene rings is 1. The van der Waals surface area contributed by atoms with Gasteiger partial charge in [0.1, 0.15) is 10.7 Å². The predicted octanol–water partition coefficient (Wildman–Crippen LogP) is 3.76. The SMILES string of the molecule is Cc1ccc(C)c(N2CCN(CCCNC(=O)c3csc(-c4ccncc4)n3)CC2)c1. The second-order valence-electron chi connectivity index (χ2n) is 8.00. The highest BCUT2D eigenvalue weighted by Crippen LogP contribution is 2.23. The van der Waals surface area contributed by atoms with E-state index in [1.807, 2.05) is 17.5 Å². The third-order valence-corrected chi connectivity index (χ3v) is 6.57. The summed E-state index contributed by atoms with van der Waals surface area (Å²) < 4.78 is 0. The molecule has 1 aromatic carbocycles. The van der Waals surface area contributed by atoms with E-state index in [0.29, 0.717) is 12.2 Å². The van der Waals surface area contributed by atoms with Crippen LogP contribution in [0.4, 0.5) is 5.69 Å². The molecule has 1 N–H and O–H groups in total. The van der Waals surface area contributed by atoms with Crippen LogP contribution in [-0.4, -0.2) is 60.0 Å². The Kier molecular flexibility index (Phi) is 6.94. The lowest BCUT2D eigenvalue weighted by Gasteiger charge is -2.37. The molecule has 3 aromatic rings. The standard InChI is InChI=1S/C24H29N5OS/c1-18-4-5-19(2)22(16-18)29-14-12-28(13-15-29)11-3-8-26-23(30)21-17-31-24(27-21)20-6-9-25-10-7-20/h4-7,9-10,16-17H,3,8,11-15H2,1-2H3,(H,26,30). The number of rotatable bonds is 7. The fourth-order valence-corrected chi connectivity index (χ4v) is 4.68. The maximum absolute atomic E-state index is 12.4. The van der Waals surface area contributed by atoms with Gasteiger partial charge in [0.05, 0.1) is 0 Å². The van der Waals surface area contributed by atoms with E-state index in [-0.39, 0.29) is 5.91 Å². The van der Waals surface area contributed by atoms with Gasteiger partial charge in [-0.25, -0.2) is 4.98 Å². The summed E-state index contributed by atoms with van der Waals surface area (Å²) in [6, 6.07) is 10.5. The van der Waals surface area contributed by atoms with Crippen molar-refractivity contribution in [3.05, 3.63) is 64.9 Å². The summed E-state index contributed by atoms with van der Waals surface area (Å²) in [5.74, 6) is -0.101. The van der Waals surface area contributed by atoms with Crippen molar-refractivity contribution in [2.45, 2.75) is 20.3 Å². The number of nitrogens with zero attached hydrogens (tertiary/aromatic N) is 4. The number of amides is 1. The van der Waals surface area contributed by atoms with Crippen LogP contribution in [0.5, 0.6) is 0 Å². The highest BCUT2D eigenvalue weighted by Gasteiger charge is 2.18.